The van der Waals surface area contributed by atoms with Gasteiger partial charge in [0.05, 0.1) is 25.5 Å². The number of benzene rings is 3. The molecule has 1 amide bonds. The first-order chi connectivity index (χ1) is 14.1. The second kappa shape index (κ2) is 7.80. The molecule has 0 saturated heterocycles. The van der Waals surface area contributed by atoms with Crippen molar-refractivity contribution in [1.82, 2.24) is 0 Å². The molecule has 0 spiro atoms. The third kappa shape index (κ3) is 3.36. The first-order valence-electron chi connectivity index (χ1n) is 9.41. The Morgan fingerprint density at radius 3 is 2.17 bits per heavy atom. The van der Waals surface area contributed by atoms with E-state index in [-0.39, 0.29) is 11.7 Å². The topological polar surface area (TPSA) is 64.6 Å². The molecule has 3 aromatic rings. The number of amides is 1. The van der Waals surface area contributed by atoms with Gasteiger partial charge in [-0.25, -0.2) is 0 Å². The van der Waals surface area contributed by atoms with Crippen LogP contribution in [0.2, 0.25) is 0 Å². The maximum Gasteiger partial charge on any atom is 0.255 e. The molecule has 5 nitrogen and oxygen atoms in total. The number of fused-ring (bicyclic) bond motifs is 1. The monoisotopic (exact) mass is 387 g/mol. The number of anilines is 1. The van der Waals surface area contributed by atoms with Crippen LogP contribution in [0.25, 0.3) is 11.1 Å². The Balaban J connectivity index is 1.82. The van der Waals surface area contributed by atoms with Crippen LogP contribution in [0.3, 0.4) is 0 Å². The number of hydrogen-bond donors (Lipinski definition) is 1. The lowest BCUT2D eigenvalue weighted by Crippen LogP contribution is -2.14. The van der Waals surface area contributed by atoms with E-state index < -0.39 is 0 Å². The van der Waals surface area contributed by atoms with Crippen LogP contribution in [0, 0.1) is 0 Å². The summed E-state index contributed by atoms with van der Waals surface area (Å²) >= 11 is 0. The second-order valence-corrected chi connectivity index (χ2v) is 6.80. The maximum atomic E-state index is 12.7. The van der Waals surface area contributed by atoms with Gasteiger partial charge in [-0.2, -0.15) is 0 Å². The molecule has 0 fully saturated rings. The number of hydrogen-bond acceptors (Lipinski definition) is 4. The quantitative estimate of drug-likeness (QED) is 0.686. The molecule has 0 bridgehead atoms. The Labute approximate surface area is 169 Å². The second-order valence-electron chi connectivity index (χ2n) is 6.80. The molecule has 5 heteroatoms. The smallest absolute Gasteiger partial charge is 0.255 e. The highest BCUT2D eigenvalue weighted by Gasteiger charge is 2.29. The van der Waals surface area contributed by atoms with Crippen molar-refractivity contribution in [1.29, 1.82) is 0 Å². The molecule has 0 aromatic heterocycles. The van der Waals surface area contributed by atoms with Gasteiger partial charge in [0.25, 0.3) is 5.91 Å². The summed E-state index contributed by atoms with van der Waals surface area (Å²) in [6, 6.07) is 18.2. The third-order valence-electron chi connectivity index (χ3n) is 5.18. The molecule has 29 heavy (non-hydrogen) atoms. The minimum absolute atomic E-state index is 0.0269. The van der Waals surface area contributed by atoms with Crippen molar-refractivity contribution in [2.24, 2.45) is 0 Å². The van der Waals surface area contributed by atoms with Crippen molar-refractivity contribution >= 4 is 17.4 Å². The molecule has 0 radical (unpaired) electrons. The van der Waals surface area contributed by atoms with E-state index in [0.29, 0.717) is 41.2 Å². The lowest BCUT2D eigenvalue weighted by molar-refractivity contribution is 0.0995. The highest BCUT2D eigenvalue weighted by molar-refractivity contribution is 6.12. The van der Waals surface area contributed by atoms with Gasteiger partial charge in [-0.3, -0.25) is 9.59 Å². The summed E-state index contributed by atoms with van der Waals surface area (Å²) in [5.41, 5.74) is 4.25. The SMILES string of the molecule is COc1cccc(OC)c1-c1ccc(NC(=O)c2ccccc2)c2c1CCC2=O. The van der Waals surface area contributed by atoms with Gasteiger partial charge in [0.2, 0.25) is 0 Å². The van der Waals surface area contributed by atoms with Gasteiger partial charge < -0.3 is 14.8 Å². The van der Waals surface area contributed by atoms with Gasteiger partial charge in [-0.1, -0.05) is 30.3 Å². The number of ether oxygens (including phenoxy) is 2. The number of rotatable bonds is 5. The molecule has 0 aliphatic heterocycles. The molecule has 0 atom stereocenters. The summed E-state index contributed by atoms with van der Waals surface area (Å²) in [7, 11) is 3.22. The van der Waals surface area contributed by atoms with E-state index in [9.17, 15) is 9.59 Å². The Kier molecular flexibility index (Phi) is 5.04. The summed E-state index contributed by atoms with van der Waals surface area (Å²) in [5.74, 6) is 1.13. The van der Waals surface area contributed by atoms with Crippen LogP contribution < -0.4 is 14.8 Å². The van der Waals surface area contributed by atoms with Gasteiger partial charge in [-0.15, -0.1) is 0 Å². The summed E-state index contributed by atoms with van der Waals surface area (Å²) in [6.07, 6.45) is 1.03. The van der Waals surface area contributed by atoms with Crippen molar-refractivity contribution < 1.29 is 19.1 Å². The van der Waals surface area contributed by atoms with E-state index in [4.69, 9.17) is 9.47 Å². The number of ketones is 1. The number of carbonyl (C=O) groups excluding carboxylic acids is 2. The Morgan fingerprint density at radius 1 is 0.828 bits per heavy atom. The lowest BCUT2D eigenvalue weighted by Gasteiger charge is -2.18. The zero-order valence-corrected chi connectivity index (χ0v) is 16.3. The van der Waals surface area contributed by atoms with E-state index in [0.717, 1.165) is 16.7 Å². The summed E-state index contributed by atoms with van der Waals surface area (Å²) in [5, 5.41) is 2.90. The Bertz CT molecular complexity index is 1070. The van der Waals surface area contributed by atoms with E-state index in [1.807, 2.05) is 42.5 Å². The molecule has 3 aromatic carbocycles. The summed E-state index contributed by atoms with van der Waals surface area (Å²) in [4.78, 5) is 25.3. The zero-order chi connectivity index (χ0) is 20.4. The zero-order valence-electron chi connectivity index (χ0n) is 16.3. The van der Waals surface area contributed by atoms with Crippen LogP contribution in [0.1, 0.15) is 32.7 Å². The largest absolute Gasteiger partial charge is 0.496 e. The van der Waals surface area contributed by atoms with Crippen molar-refractivity contribution in [2.75, 3.05) is 19.5 Å². The molecule has 1 aliphatic rings. The molecule has 4 rings (SSSR count). The van der Waals surface area contributed by atoms with Crippen LogP contribution in [-0.4, -0.2) is 25.9 Å². The van der Waals surface area contributed by atoms with Gasteiger partial charge in [0.1, 0.15) is 11.5 Å². The van der Waals surface area contributed by atoms with E-state index in [1.54, 1.807) is 32.4 Å². The minimum Gasteiger partial charge on any atom is -0.496 e. The van der Waals surface area contributed by atoms with Crippen LogP contribution in [0.4, 0.5) is 5.69 Å². The van der Waals surface area contributed by atoms with Crippen LogP contribution >= 0.6 is 0 Å². The summed E-state index contributed by atoms with van der Waals surface area (Å²) < 4.78 is 11.1. The van der Waals surface area contributed by atoms with Crippen LogP contribution in [-0.2, 0) is 6.42 Å². The number of methoxy groups -OCH3 is 2. The van der Waals surface area contributed by atoms with Crippen molar-refractivity contribution in [3.63, 3.8) is 0 Å². The first kappa shape index (κ1) is 18.7. The summed E-state index contributed by atoms with van der Waals surface area (Å²) in [6.45, 7) is 0. The number of carbonyl (C=O) groups is 2. The maximum absolute atomic E-state index is 12.7. The fraction of sp³-hybridized carbons (Fsp3) is 0.167. The highest BCUT2D eigenvalue weighted by atomic mass is 16.5. The molecule has 0 saturated carbocycles. The van der Waals surface area contributed by atoms with Crippen LogP contribution in [0.5, 0.6) is 11.5 Å². The Morgan fingerprint density at radius 2 is 1.52 bits per heavy atom. The van der Waals surface area contributed by atoms with Gasteiger partial charge in [0.15, 0.2) is 5.78 Å². The fourth-order valence-corrected chi connectivity index (χ4v) is 3.83. The normalized spacial score (nSPS) is 12.4. The van der Waals surface area contributed by atoms with Gasteiger partial charge in [0, 0.05) is 17.5 Å². The first-order valence-corrected chi connectivity index (χ1v) is 9.41. The van der Waals surface area contributed by atoms with Crippen molar-refractivity contribution in [2.45, 2.75) is 12.8 Å². The predicted octanol–water partition coefficient (Wildman–Crippen LogP) is 4.75. The van der Waals surface area contributed by atoms with Gasteiger partial charge >= 0.3 is 0 Å². The molecular formula is C24H21NO4. The molecule has 1 aliphatic carbocycles. The molecule has 1 N–H and O–H groups in total. The van der Waals surface area contributed by atoms with Gasteiger partial charge in [-0.05, 0) is 47.9 Å². The van der Waals surface area contributed by atoms with Crippen molar-refractivity contribution in [3.05, 3.63) is 77.4 Å². The molecule has 146 valence electrons. The molecule has 0 unspecified atom stereocenters. The predicted molar refractivity (Wildman–Crippen MR) is 112 cm³/mol. The minimum atomic E-state index is -0.241. The Hall–Kier alpha value is -3.60. The molecule has 0 heterocycles. The average molecular weight is 387 g/mol. The average Bonchev–Trinajstić information content (AvgIpc) is 3.16. The fourth-order valence-electron chi connectivity index (χ4n) is 3.83. The number of nitrogens with one attached hydrogen (secondary N) is 1. The van der Waals surface area contributed by atoms with Crippen LogP contribution in [0.15, 0.2) is 60.7 Å². The third-order valence-corrected chi connectivity index (χ3v) is 5.18. The molecular weight excluding hydrogens is 366 g/mol. The highest BCUT2D eigenvalue weighted by Crippen LogP contribution is 2.44. The number of Topliss-reactive ketones (excluding diaryl/α,β-unsaturated/α-hetero) is 1. The standard InChI is InChI=1S/C24H21NO4/c1-28-20-9-6-10-21(29-2)23(20)17-11-13-18(22-16(17)12-14-19(22)26)25-24(27)15-7-4-3-5-8-15/h3-11,13H,12,14H2,1-2H3,(H,25,27). The van der Waals surface area contributed by atoms with Crippen molar-refractivity contribution in [3.8, 4) is 22.6 Å². The van der Waals surface area contributed by atoms with E-state index in [2.05, 4.69) is 5.32 Å². The van der Waals surface area contributed by atoms with E-state index >= 15 is 0 Å². The lowest BCUT2D eigenvalue weighted by atomic mass is 9.94. The van der Waals surface area contributed by atoms with E-state index in [1.165, 1.54) is 0 Å².